The van der Waals surface area contributed by atoms with Crippen LogP contribution in [0.2, 0.25) is 0 Å². The minimum Gasteiger partial charge on any atom is -0.211 e. The summed E-state index contributed by atoms with van der Waals surface area (Å²) in [5, 5.41) is 0. The Morgan fingerprint density at radius 2 is 1.83 bits per heavy atom. The first kappa shape index (κ1) is 15.7. The molecule has 1 N–H and O–H groups in total. The molecule has 0 amide bonds. The Kier molecular flexibility index (Phi) is 6.32. The van der Waals surface area contributed by atoms with Gasteiger partial charge in [0.05, 0.1) is 4.90 Å². The maximum absolute atomic E-state index is 11.7. The number of nitrogens with one attached hydrogen (secondary N) is 1. The maximum Gasteiger partial charge on any atom is 0.240 e. The predicted octanol–water partition coefficient (Wildman–Crippen LogP) is 3.09. The lowest BCUT2D eigenvalue weighted by molar-refractivity contribution is 0.584. The monoisotopic (exact) mass is 333 g/mol. The molecule has 0 aromatic heterocycles. The van der Waals surface area contributed by atoms with Crippen molar-refractivity contribution in [2.24, 2.45) is 0 Å². The third-order valence-corrected chi connectivity index (χ3v) is 4.97. The molecule has 102 valence electrons. The van der Waals surface area contributed by atoms with E-state index < -0.39 is 10.0 Å². The van der Waals surface area contributed by atoms with E-state index in [1.54, 1.807) is 19.1 Å². The molecule has 0 aliphatic heterocycles. The van der Waals surface area contributed by atoms with Gasteiger partial charge in [-0.2, -0.15) is 0 Å². The molecule has 0 aliphatic carbocycles. The Balaban J connectivity index is 2.74. The van der Waals surface area contributed by atoms with Crippen molar-refractivity contribution in [3.8, 4) is 0 Å². The number of hydrogen-bond acceptors (Lipinski definition) is 2. The molecule has 0 bridgehead atoms. The number of hydrogen-bond donors (Lipinski definition) is 1. The van der Waals surface area contributed by atoms with Gasteiger partial charge in [-0.05, 0) is 30.5 Å². The molecule has 3 nitrogen and oxygen atoms in total. The van der Waals surface area contributed by atoms with Crippen molar-refractivity contribution in [1.82, 2.24) is 4.72 Å². The highest BCUT2D eigenvalue weighted by Crippen LogP contribution is 2.17. The highest BCUT2D eigenvalue weighted by molar-refractivity contribution is 9.09. The number of halogens is 1. The third-order valence-electron chi connectivity index (χ3n) is 2.63. The lowest BCUT2D eigenvalue weighted by Gasteiger charge is -2.09. The standard InChI is InChI=1S/C13H20BrNO2S/c1-3-5-12(14)10-11-6-8-13(9-7-11)18(16,17)15-4-2/h6-9,12,15H,3-5,10H2,1-2H3. The van der Waals surface area contributed by atoms with Crippen molar-refractivity contribution in [3.05, 3.63) is 29.8 Å². The molecular formula is C13H20BrNO2S. The summed E-state index contributed by atoms with van der Waals surface area (Å²) in [6.45, 7) is 4.33. The second-order valence-corrected chi connectivity index (χ2v) is 7.30. The van der Waals surface area contributed by atoms with Gasteiger partial charge in [0.25, 0.3) is 0 Å². The molecule has 1 aromatic carbocycles. The van der Waals surface area contributed by atoms with E-state index in [0.717, 1.165) is 24.8 Å². The van der Waals surface area contributed by atoms with Crippen molar-refractivity contribution < 1.29 is 8.42 Å². The van der Waals surface area contributed by atoms with E-state index in [9.17, 15) is 8.42 Å². The molecule has 0 radical (unpaired) electrons. The molecule has 1 unspecified atom stereocenters. The van der Waals surface area contributed by atoms with E-state index >= 15 is 0 Å². The van der Waals surface area contributed by atoms with Gasteiger partial charge in [-0.1, -0.05) is 48.3 Å². The summed E-state index contributed by atoms with van der Waals surface area (Å²) in [7, 11) is -3.33. The Hall–Kier alpha value is -0.390. The summed E-state index contributed by atoms with van der Waals surface area (Å²) in [4.78, 5) is 0.786. The summed E-state index contributed by atoms with van der Waals surface area (Å²) in [6, 6.07) is 7.10. The first-order valence-electron chi connectivity index (χ1n) is 6.22. The molecule has 0 saturated heterocycles. The van der Waals surface area contributed by atoms with Crippen molar-refractivity contribution >= 4 is 26.0 Å². The number of alkyl halides is 1. The van der Waals surface area contributed by atoms with E-state index in [4.69, 9.17) is 0 Å². The van der Waals surface area contributed by atoms with Gasteiger partial charge in [-0.25, -0.2) is 13.1 Å². The second-order valence-electron chi connectivity index (χ2n) is 4.24. The summed E-state index contributed by atoms with van der Waals surface area (Å²) < 4.78 is 26.0. The average Bonchev–Trinajstić information content (AvgIpc) is 2.30. The van der Waals surface area contributed by atoms with Crippen molar-refractivity contribution in [3.63, 3.8) is 0 Å². The predicted molar refractivity (Wildman–Crippen MR) is 78.6 cm³/mol. The Labute approximate surface area is 118 Å². The SMILES string of the molecule is CCCC(Br)Cc1ccc(S(=O)(=O)NCC)cc1. The fourth-order valence-electron chi connectivity index (χ4n) is 1.75. The zero-order valence-electron chi connectivity index (χ0n) is 10.8. The Bertz CT molecular complexity index is 456. The van der Waals surface area contributed by atoms with Gasteiger partial charge in [-0.3, -0.25) is 0 Å². The van der Waals surface area contributed by atoms with Crippen molar-refractivity contribution in [1.29, 1.82) is 0 Å². The van der Waals surface area contributed by atoms with Crippen LogP contribution < -0.4 is 4.72 Å². The van der Waals surface area contributed by atoms with Gasteiger partial charge in [0.1, 0.15) is 0 Å². The number of sulfonamides is 1. The molecular weight excluding hydrogens is 314 g/mol. The van der Waals surface area contributed by atoms with Gasteiger partial charge >= 0.3 is 0 Å². The maximum atomic E-state index is 11.7. The van der Waals surface area contributed by atoms with Crippen LogP contribution in [-0.4, -0.2) is 19.8 Å². The molecule has 0 fully saturated rings. The van der Waals surface area contributed by atoms with Crippen LogP contribution in [0.5, 0.6) is 0 Å². The molecule has 0 saturated carbocycles. The molecule has 0 heterocycles. The minimum absolute atomic E-state index is 0.328. The van der Waals surface area contributed by atoms with E-state index in [2.05, 4.69) is 27.6 Å². The topological polar surface area (TPSA) is 46.2 Å². The van der Waals surface area contributed by atoms with E-state index in [-0.39, 0.29) is 0 Å². The summed E-state index contributed by atoms with van der Waals surface area (Å²) in [5.74, 6) is 0. The first-order chi connectivity index (χ1) is 8.49. The van der Waals surface area contributed by atoms with Crippen LogP contribution >= 0.6 is 15.9 Å². The number of rotatable bonds is 7. The largest absolute Gasteiger partial charge is 0.240 e. The quantitative estimate of drug-likeness (QED) is 0.779. The van der Waals surface area contributed by atoms with Crippen LogP contribution in [0.4, 0.5) is 0 Å². The minimum atomic E-state index is -3.33. The van der Waals surface area contributed by atoms with Crippen LogP contribution in [-0.2, 0) is 16.4 Å². The van der Waals surface area contributed by atoms with E-state index in [1.165, 1.54) is 0 Å². The van der Waals surface area contributed by atoms with Gasteiger partial charge in [0.2, 0.25) is 10.0 Å². The fraction of sp³-hybridized carbons (Fsp3) is 0.538. The Morgan fingerprint density at radius 1 is 1.22 bits per heavy atom. The molecule has 0 spiro atoms. The highest BCUT2D eigenvalue weighted by Gasteiger charge is 2.12. The number of benzene rings is 1. The van der Waals surface area contributed by atoms with Gasteiger partial charge in [-0.15, -0.1) is 0 Å². The third kappa shape index (κ3) is 4.71. The summed E-state index contributed by atoms with van der Waals surface area (Å²) in [6.07, 6.45) is 3.19. The molecule has 5 heteroatoms. The molecule has 1 rings (SSSR count). The Morgan fingerprint density at radius 3 is 2.33 bits per heavy atom. The summed E-state index contributed by atoms with van der Waals surface area (Å²) >= 11 is 3.63. The highest BCUT2D eigenvalue weighted by atomic mass is 79.9. The van der Waals surface area contributed by atoms with E-state index in [1.807, 2.05) is 12.1 Å². The van der Waals surface area contributed by atoms with Gasteiger partial charge in [0, 0.05) is 11.4 Å². The van der Waals surface area contributed by atoms with Crippen LogP contribution in [0.1, 0.15) is 32.3 Å². The van der Waals surface area contributed by atoms with Crippen LogP contribution in [0.15, 0.2) is 29.2 Å². The van der Waals surface area contributed by atoms with Crippen molar-refractivity contribution in [2.45, 2.75) is 42.8 Å². The zero-order valence-corrected chi connectivity index (χ0v) is 13.2. The normalized spacial score (nSPS) is 13.5. The summed E-state index contributed by atoms with van der Waals surface area (Å²) in [5.41, 5.74) is 1.15. The smallest absolute Gasteiger partial charge is 0.211 e. The van der Waals surface area contributed by atoms with Crippen molar-refractivity contribution in [2.75, 3.05) is 6.54 Å². The molecule has 1 aromatic rings. The van der Waals surface area contributed by atoms with Crippen LogP contribution in [0, 0.1) is 0 Å². The van der Waals surface area contributed by atoms with E-state index in [0.29, 0.717) is 16.3 Å². The second kappa shape index (κ2) is 7.26. The first-order valence-corrected chi connectivity index (χ1v) is 8.62. The van der Waals surface area contributed by atoms with Crippen LogP contribution in [0.3, 0.4) is 0 Å². The lowest BCUT2D eigenvalue weighted by Crippen LogP contribution is -2.23. The molecule has 1 atom stereocenters. The lowest BCUT2D eigenvalue weighted by atomic mass is 10.1. The zero-order chi connectivity index (χ0) is 13.6. The van der Waals surface area contributed by atoms with Crippen LogP contribution in [0.25, 0.3) is 0 Å². The molecule has 0 aliphatic rings. The fourth-order valence-corrected chi connectivity index (χ4v) is 3.62. The van der Waals surface area contributed by atoms with Gasteiger partial charge < -0.3 is 0 Å². The average molecular weight is 334 g/mol. The molecule has 18 heavy (non-hydrogen) atoms. The van der Waals surface area contributed by atoms with Gasteiger partial charge in [0.15, 0.2) is 0 Å².